The number of methoxy groups -OCH3 is 1. The number of hydrogen-bond acceptors (Lipinski definition) is 5. The van der Waals surface area contributed by atoms with Gasteiger partial charge in [-0.1, -0.05) is 25.2 Å². The van der Waals surface area contributed by atoms with Gasteiger partial charge in [0.15, 0.2) is 5.13 Å². The van der Waals surface area contributed by atoms with Crippen LogP contribution in [0.4, 0.5) is 5.13 Å². The number of ether oxygens (including phenoxy) is 1. The fourth-order valence-corrected chi connectivity index (χ4v) is 2.30. The van der Waals surface area contributed by atoms with Crippen molar-refractivity contribution in [3.05, 3.63) is 11.1 Å². The summed E-state index contributed by atoms with van der Waals surface area (Å²) in [5, 5.41) is 0.886. The van der Waals surface area contributed by atoms with Crippen LogP contribution < -0.4 is 4.90 Å². The second-order valence-corrected chi connectivity index (χ2v) is 4.94. The Kier molecular flexibility index (Phi) is 4.73. The SMILES string of the molecule is CCN(CC(C)C)c1ncc(C(=O)OC)s1. The molecular weight excluding hydrogens is 224 g/mol. The Morgan fingerprint density at radius 1 is 1.62 bits per heavy atom. The van der Waals surface area contributed by atoms with E-state index in [1.165, 1.54) is 18.4 Å². The first kappa shape index (κ1) is 13.0. The molecule has 1 rings (SSSR count). The van der Waals surface area contributed by atoms with Crippen molar-refractivity contribution in [1.29, 1.82) is 0 Å². The molecule has 0 bridgehead atoms. The number of thiazole rings is 1. The van der Waals surface area contributed by atoms with Gasteiger partial charge >= 0.3 is 5.97 Å². The van der Waals surface area contributed by atoms with Crippen LogP contribution in [0.3, 0.4) is 0 Å². The topological polar surface area (TPSA) is 42.4 Å². The Morgan fingerprint density at radius 2 is 2.31 bits per heavy atom. The molecule has 1 aromatic heterocycles. The van der Waals surface area contributed by atoms with E-state index < -0.39 is 0 Å². The molecular formula is C11H18N2O2S. The maximum atomic E-state index is 11.3. The normalized spacial score (nSPS) is 10.6. The molecule has 16 heavy (non-hydrogen) atoms. The zero-order valence-corrected chi connectivity index (χ0v) is 11.0. The molecule has 0 unspecified atom stereocenters. The van der Waals surface area contributed by atoms with Crippen LogP contribution in [-0.4, -0.2) is 31.2 Å². The van der Waals surface area contributed by atoms with Crippen LogP contribution in [-0.2, 0) is 4.74 Å². The molecule has 0 amide bonds. The van der Waals surface area contributed by atoms with Crippen molar-refractivity contribution < 1.29 is 9.53 Å². The molecule has 1 aromatic rings. The average Bonchev–Trinajstić information content (AvgIpc) is 2.73. The van der Waals surface area contributed by atoms with Crippen LogP contribution in [0.15, 0.2) is 6.20 Å². The number of hydrogen-bond donors (Lipinski definition) is 0. The fraction of sp³-hybridized carbons (Fsp3) is 0.636. The Hall–Kier alpha value is -1.10. The molecule has 0 aliphatic heterocycles. The zero-order chi connectivity index (χ0) is 12.1. The van der Waals surface area contributed by atoms with Gasteiger partial charge in [0.25, 0.3) is 0 Å². The van der Waals surface area contributed by atoms with Crippen molar-refractivity contribution in [2.45, 2.75) is 20.8 Å². The number of aromatic nitrogens is 1. The van der Waals surface area contributed by atoms with E-state index in [0.717, 1.165) is 18.2 Å². The van der Waals surface area contributed by atoms with Gasteiger partial charge < -0.3 is 9.64 Å². The van der Waals surface area contributed by atoms with Crippen LogP contribution in [0.1, 0.15) is 30.4 Å². The highest BCUT2D eigenvalue weighted by atomic mass is 32.1. The fourth-order valence-electron chi connectivity index (χ4n) is 1.39. The molecule has 0 saturated carbocycles. The van der Waals surface area contributed by atoms with Crippen molar-refractivity contribution >= 4 is 22.4 Å². The smallest absolute Gasteiger partial charge is 0.349 e. The summed E-state index contributed by atoms with van der Waals surface area (Å²) in [6.45, 7) is 8.26. The molecule has 0 aromatic carbocycles. The van der Waals surface area contributed by atoms with Gasteiger partial charge in [-0.3, -0.25) is 0 Å². The number of carbonyl (C=O) groups excluding carboxylic acids is 1. The highest BCUT2D eigenvalue weighted by Crippen LogP contribution is 2.23. The largest absolute Gasteiger partial charge is 0.465 e. The molecule has 1 heterocycles. The molecule has 0 atom stereocenters. The van der Waals surface area contributed by atoms with E-state index in [-0.39, 0.29) is 5.97 Å². The standard InChI is InChI=1S/C11H18N2O2S/c1-5-13(7-8(2)3)11-12-6-9(16-11)10(14)15-4/h6,8H,5,7H2,1-4H3. The van der Waals surface area contributed by atoms with Crippen LogP contribution in [0.25, 0.3) is 0 Å². The van der Waals surface area contributed by atoms with Crippen molar-refractivity contribution in [2.24, 2.45) is 5.92 Å². The first-order chi connectivity index (χ1) is 7.58. The first-order valence-corrected chi connectivity index (χ1v) is 6.19. The lowest BCUT2D eigenvalue weighted by atomic mass is 10.2. The van der Waals surface area contributed by atoms with E-state index in [1.54, 1.807) is 6.20 Å². The van der Waals surface area contributed by atoms with Crippen molar-refractivity contribution in [1.82, 2.24) is 4.98 Å². The summed E-state index contributed by atoms with van der Waals surface area (Å²) < 4.78 is 4.66. The lowest BCUT2D eigenvalue weighted by Crippen LogP contribution is -2.26. The highest BCUT2D eigenvalue weighted by molar-refractivity contribution is 7.17. The number of anilines is 1. The van der Waals surface area contributed by atoms with E-state index >= 15 is 0 Å². The third kappa shape index (κ3) is 3.20. The minimum Gasteiger partial charge on any atom is -0.465 e. The maximum absolute atomic E-state index is 11.3. The van der Waals surface area contributed by atoms with Gasteiger partial charge in [0.2, 0.25) is 0 Å². The molecule has 5 heteroatoms. The Bertz CT molecular complexity index is 350. The maximum Gasteiger partial charge on any atom is 0.349 e. The van der Waals surface area contributed by atoms with E-state index in [9.17, 15) is 4.79 Å². The molecule has 0 aliphatic carbocycles. The van der Waals surface area contributed by atoms with Gasteiger partial charge in [-0.05, 0) is 12.8 Å². The number of rotatable bonds is 5. The first-order valence-electron chi connectivity index (χ1n) is 5.37. The lowest BCUT2D eigenvalue weighted by Gasteiger charge is -2.21. The third-order valence-electron chi connectivity index (χ3n) is 2.12. The Morgan fingerprint density at radius 3 is 2.81 bits per heavy atom. The summed E-state index contributed by atoms with van der Waals surface area (Å²) in [6, 6.07) is 0. The minimum absolute atomic E-state index is 0.315. The quantitative estimate of drug-likeness (QED) is 0.744. The summed E-state index contributed by atoms with van der Waals surface area (Å²) in [7, 11) is 1.38. The van der Waals surface area contributed by atoms with Crippen molar-refractivity contribution in [2.75, 3.05) is 25.1 Å². The van der Waals surface area contributed by atoms with E-state index in [1.807, 2.05) is 0 Å². The van der Waals surface area contributed by atoms with Crippen LogP contribution >= 0.6 is 11.3 Å². The molecule has 0 fully saturated rings. The lowest BCUT2D eigenvalue weighted by molar-refractivity contribution is 0.0606. The second kappa shape index (κ2) is 5.84. The summed E-state index contributed by atoms with van der Waals surface area (Å²) in [6.07, 6.45) is 1.58. The van der Waals surface area contributed by atoms with Crippen molar-refractivity contribution in [3.8, 4) is 0 Å². The predicted octanol–water partition coefficient (Wildman–Crippen LogP) is 2.41. The Balaban J connectivity index is 2.78. The summed E-state index contributed by atoms with van der Waals surface area (Å²) in [5.74, 6) is 0.259. The van der Waals surface area contributed by atoms with Gasteiger partial charge in [-0.15, -0.1) is 0 Å². The summed E-state index contributed by atoms with van der Waals surface area (Å²) >= 11 is 1.38. The molecule has 0 aliphatic rings. The molecule has 4 nitrogen and oxygen atoms in total. The third-order valence-corrected chi connectivity index (χ3v) is 3.16. The van der Waals surface area contributed by atoms with E-state index in [0.29, 0.717) is 10.8 Å². The zero-order valence-electron chi connectivity index (χ0n) is 10.2. The van der Waals surface area contributed by atoms with Crippen LogP contribution in [0, 0.1) is 5.92 Å². The van der Waals surface area contributed by atoms with Gasteiger partial charge in [-0.2, -0.15) is 0 Å². The summed E-state index contributed by atoms with van der Waals surface area (Å²) in [5.41, 5.74) is 0. The van der Waals surface area contributed by atoms with E-state index in [4.69, 9.17) is 0 Å². The monoisotopic (exact) mass is 242 g/mol. The molecule has 90 valence electrons. The van der Waals surface area contributed by atoms with Gasteiger partial charge in [0.1, 0.15) is 4.88 Å². The van der Waals surface area contributed by atoms with Gasteiger partial charge in [-0.25, -0.2) is 9.78 Å². The van der Waals surface area contributed by atoms with Crippen LogP contribution in [0.2, 0.25) is 0 Å². The Labute approximate surface area is 100 Å². The van der Waals surface area contributed by atoms with Gasteiger partial charge in [0, 0.05) is 13.1 Å². The second-order valence-electron chi connectivity index (χ2n) is 3.93. The predicted molar refractivity (Wildman–Crippen MR) is 66.2 cm³/mol. The minimum atomic E-state index is -0.315. The number of carbonyl (C=O) groups is 1. The van der Waals surface area contributed by atoms with Crippen molar-refractivity contribution in [3.63, 3.8) is 0 Å². The van der Waals surface area contributed by atoms with Gasteiger partial charge in [0.05, 0.1) is 13.3 Å². The summed E-state index contributed by atoms with van der Waals surface area (Å²) in [4.78, 5) is 18.3. The molecule has 0 saturated heterocycles. The van der Waals surface area contributed by atoms with E-state index in [2.05, 4.69) is 35.4 Å². The highest BCUT2D eigenvalue weighted by Gasteiger charge is 2.14. The molecule has 0 radical (unpaired) electrons. The molecule has 0 spiro atoms. The number of nitrogens with zero attached hydrogens (tertiary/aromatic N) is 2. The average molecular weight is 242 g/mol. The number of esters is 1. The molecule has 0 N–H and O–H groups in total. The van der Waals surface area contributed by atoms with Crippen LogP contribution in [0.5, 0.6) is 0 Å².